The molecule has 154 valence electrons. The Bertz CT molecular complexity index is 837. The predicted octanol–water partition coefficient (Wildman–Crippen LogP) is 3.67. The van der Waals surface area contributed by atoms with Gasteiger partial charge in [0, 0.05) is 12.7 Å². The van der Waals surface area contributed by atoms with Gasteiger partial charge in [0.15, 0.2) is 5.11 Å². The van der Waals surface area contributed by atoms with Crippen LogP contribution in [0.1, 0.15) is 42.1 Å². The number of amides is 2. The monoisotopic (exact) mass is 413 g/mol. The van der Waals surface area contributed by atoms with E-state index in [0.29, 0.717) is 24.3 Å². The smallest absolute Gasteiger partial charge is 0.261 e. The summed E-state index contributed by atoms with van der Waals surface area (Å²) >= 11 is 5.25. The molecule has 0 aliphatic rings. The average molecular weight is 414 g/mol. The summed E-state index contributed by atoms with van der Waals surface area (Å²) in [6.45, 7) is 2.70. The van der Waals surface area contributed by atoms with Gasteiger partial charge in [-0.15, -0.1) is 0 Å². The molecule has 6 nitrogen and oxygen atoms in total. The molecule has 0 spiro atoms. The van der Waals surface area contributed by atoms with E-state index in [1.54, 1.807) is 25.2 Å². The number of carbonyl (C=O) groups excluding carboxylic acids is 2. The SMILES string of the molecule is CCCCCOc1ccccc1C(=O)NC(=S)Nc1ccc(CC(=O)NC)cc1. The number of rotatable bonds is 9. The quantitative estimate of drug-likeness (QED) is 0.432. The van der Waals surface area contributed by atoms with Crippen molar-refractivity contribution >= 4 is 34.8 Å². The van der Waals surface area contributed by atoms with Crippen LogP contribution in [0.5, 0.6) is 5.75 Å². The molecule has 0 unspecified atom stereocenters. The van der Waals surface area contributed by atoms with E-state index < -0.39 is 0 Å². The Morgan fingerprint density at radius 2 is 1.76 bits per heavy atom. The molecule has 0 aliphatic carbocycles. The lowest BCUT2D eigenvalue weighted by Gasteiger charge is -2.13. The van der Waals surface area contributed by atoms with Crippen LogP contribution in [0.25, 0.3) is 0 Å². The van der Waals surface area contributed by atoms with Crippen molar-refractivity contribution in [1.82, 2.24) is 10.6 Å². The largest absolute Gasteiger partial charge is 0.493 e. The van der Waals surface area contributed by atoms with Crippen molar-refractivity contribution < 1.29 is 14.3 Å². The Hall–Kier alpha value is -2.93. The highest BCUT2D eigenvalue weighted by molar-refractivity contribution is 7.80. The minimum Gasteiger partial charge on any atom is -0.493 e. The number of likely N-dealkylation sites (N-methyl/N-ethyl adjacent to an activating group) is 1. The predicted molar refractivity (Wildman–Crippen MR) is 119 cm³/mol. The van der Waals surface area contributed by atoms with Crippen molar-refractivity contribution in [2.24, 2.45) is 0 Å². The van der Waals surface area contributed by atoms with Gasteiger partial charge >= 0.3 is 0 Å². The van der Waals surface area contributed by atoms with Crippen molar-refractivity contribution in [2.45, 2.75) is 32.6 Å². The molecule has 0 heterocycles. The van der Waals surface area contributed by atoms with Gasteiger partial charge in [0.2, 0.25) is 5.91 Å². The highest BCUT2D eigenvalue weighted by Crippen LogP contribution is 2.18. The van der Waals surface area contributed by atoms with Gasteiger partial charge in [0.05, 0.1) is 18.6 Å². The van der Waals surface area contributed by atoms with E-state index in [0.717, 1.165) is 30.5 Å². The normalized spacial score (nSPS) is 10.1. The number of benzene rings is 2. The molecular weight excluding hydrogens is 386 g/mol. The van der Waals surface area contributed by atoms with Crippen molar-refractivity contribution in [3.05, 3.63) is 59.7 Å². The third-order valence-electron chi connectivity index (χ3n) is 4.22. The molecule has 0 fully saturated rings. The van der Waals surface area contributed by atoms with Crippen molar-refractivity contribution in [2.75, 3.05) is 19.0 Å². The molecule has 2 rings (SSSR count). The molecule has 0 saturated heterocycles. The van der Waals surface area contributed by atoms with Gasteiger partial charge in [-0.3, -0.25) is 14.9 Å². The third-order valence-corrected chi connectivity index (χ3v) is 4.42. The summed E-state index contributed by atoms with van der Waals surface area (Å²) < 4.78 is 5.76. The first-order valence-corrected chi connectivity index (χ1v) is 10.1. The Morgan fingerprint density at radius 3 is 2.45 bits per heavy atom. The summed E-state index contributed by atoms with van der Waals surface area (Å²) in [6, 6.07) is 14.4. The lowest BCUT2D eigenvalue weighted by molar-refractivity contribution is -0.119. The van der Waals surface area contributed by atoms with Gasteiger partial charge in [-0.25, -0.2) is 0 Å². The van der Waals surface area contributed by atoms with Crippen LogP contribution in [-0.2, 0) is 11.2 Å². The summed E-state index contributed by atoms with van der Waals surface area (Å²) in [6.07, 6.45) is 3.46. The molecular formula is C22H27N3O3S. The zero-order chi connectivity index (χ0) is 21.1. The number of thiocarbonyl (C=S) groups is 1. The Labute approximate surface area is 177 Å². The van der Waals surface area contributed by atoms with Crippen LogP contribution in [0.4, 0.5) is 5.69 Å². The number of nitrogens with one attached hydrogen (secondary N) is 3. The second-order valence-corrected chi connectivity index (χ2v) is 6.92. The summed E-state index contributed by atoms with van der Waals surface area (Å²) in [7, 11) is 1.60. The number of anilines is 1. The minimum absolute atomic E-state index is 0.0518. The average Bonchev–Trinajstić information content (AvgIpc) is 2.72. The maximum atomic E-state index is 12.6. The minimum atomic E-state index is -0.329. The fourth-order valence-electron chi connectivity index (χ4n) is 2.63. The number of carbonyl (C=O) groups is 2. The van der Waals surface area contributed by atoms with Crippen LogP contribution < -0.4 is 20.7 Å². The zero-order valence-corrected chi connectivity index (χ0v) is 17.6. The van der Waals surface area contributed by atoms with E-state index in [1.165, 1.54) is 0 Å². The second-order valence-electron chi connectivity index (χ2n) is 6.51. The molecule has 0 aromatic heterocycles. The molecule has 7 heteroatoms. The van der Waals surface area contributed by atoms with E-state index in [4.69, 9.17) is 17.0 Å². The lowest BCUT2D eigenvalue weighted by atomic mass is 10.1. The van der Waals surface area contributed by atoms with Gasteiger partial charge in [-0.1, -0.05) is 44.0 Å². The highest BCUT2D eigenvalue weighted by Gasteiger charge is 2.13. The summed E-state index contributed by atoms with van der Waals surface area (Å²) in [5.74, 6) is 0.163. The molecule has 0 aliphatic heterocycles. The van der Waals surface area contributed by atoms with Gasteiger partial charge < -0.3 is 15.4 Å². The van der Waals surface area contributed by atoms with Crippen molar-refractivity contribution in [1.29, 1.82) is 0 Å². The first-order chi connectivity index (χ1) is 14.0. The van der Waals surface area contributed by atoms with E-state index in [1.807, 2.05) is 30.3 Å². The van der Waals surface area contributed by atoms with Crippen LogP contribution in [0.15, 0.2) is 48.5 Å². The molecule has 0 atom stereocenters. The molecule has 2 aromatic rings. The Balaban J connectivity index is 1.92. The van der Waals surface area contributed by atoms with Gasteiger partial charge in [0.1, 0.15) is 5.75 Å². The number of ether oxygens (including phenoxy) is 1. The van der Waals surface area contributed by atoms with Crippen LogP contribution in [-0.4, -0.2) is 30.6 Å². The topological polar surface area (TPSA) is 79.5 Å². The zero-order valence-electron chi connectivity index (χ0n) is 16.8. The van der Waals surface area contributed by atoms with E-state index in [9.17, 15) is 9.59 Å². The first kappa shape index (κ1) is 22.4. The fourth-order valence-corrected chi connectivity index (χ4v) is 2.84. The van der Waals surface area contributed by atoms with E-state index >= 15 is 0 Å². The number of hydrogen-bond donors (Lipinski definition) is 3. The van der Waals surface area contributed by atoms with E-state index in [2.05, 4.69) is 22.9 Å². The van der Waals surface area contributed by atoms with Gasteiger partial charge in [-0.05, 0) is 48.5 Å². The van der Waals surface area contributed by atoms with E-state index in [-0.39, 0.29) is 16.9 Å². The number of hydrogen-bond acceptors (Lipinski definition) is 4. The van der Waals surface area contributed by atoms with Gasteiger partial charge in [-0.2, -0.15) is 0 Å². The molecule has 3 N–H and O–H groups in total. The van der Waals surface area contributed by atoms with Gasteiger partial charge in [0.25, 0.3) is 5.91 Å². The summed E-state index contributed by atoms with van der Waals surface area (Å²) in [5, 5.41) is 8.43. The number of para-hydroxylation sites is 1. The second kappa shape index (κ2) is 11.8. The Kier molecular flexibility index (Phi) is 9.11. The molecule has 0 saturated carbocycles. The third kappa shape index (κ3) is 7.54. The molecule has 2 amide bonds. The standard InChI is InChI=1S/C22H27N3O3S/c1-3-4-7-14-28-19-9-6-5-8-18(19)21(27)25-22(29)24-17-12-10-16(11-13-17)15-20(26)23-2/h5-6,8-13H,3-4,7,14-15H2,1-2H3,(H,23,26)(H2,24,25,27,29). The summed E-state index contributed by atoms with van der Waals surface area (Å²) in [5.41, 5.74) is 2.05. The number of unbranched alkanes of at least 4 members (excludes halogenated alkanes) is 2. The molecule has 2 aromatic carbocycles. The fraction of sp³-hybridized carbons (Fsp3) is 0.318. The first-order valence-electron chi connectivity index (χ1n) is 9.67. The molecule has 0 radical (unpaired) electrons. The molecule has 29 heavy (non-hydrogen) atoms. The van der Waals surface area contributed by atoms with Crippen LogP contribution in [0.3, 0.4) is 0 Å². The van der Waals surface area contributed by atoms with Crippen LogP contribution in [0, 0.1) is 0 Å². The Morgan fingerprint density at radius 1 is 1.03 bits per heavy atom. The van der Waals surface area contributed by atoms with Crippen molar-refractivity contribution in [3.8, 4) is 5.75 Å². The van der Waals surface area contributed by atoms with Crippen LogP contribution in [0.2, 0.25) is 0 Å². The maximum Gasteiger partial charge on any atom is 0.261 e. The summed E-state index contributed by atoms with van der Waals surface area (Å²) in [4.78, 5) is 24.0. The highest BCUT2D eigenvalue weighted by atomic mass is 32.1. The lowest BCUT2D eigenvalue weighted by Crippen LogP contribution is -2.34. The van der Waals surface area contributed by atoms with Crippen LogP contribution >= 0.6 is 12.2 Å². The maximum absolute atomic E-state index is 12.6. The molecule has 0 bridgehead atoms. The van der Waals surface area contributed by atoms with Crippen molar-refractivity contribution in [3.63, 3.8) is 0 Å².